The van der Waals surface area contributed by atoms with Crippen molar-refractivity contribution in [1.82, 2.24) is 4.90 Å². The van der Waals surface area contributed by atoms with Gasteiger partial charge in [-0.2, -0.15) is 0 Å². The van der Waals surface area contributed by atoms with Crippen LogP contribution >= 0.6 is 0 Å². The molecule has 1 fully saturated rings. The van der Waals surface area contributed by atoms with Crippen LogP contribution in [0.5, 0.6) is 0 Å². The topological polar surface area (TPSA) is 35.6 Å². The number of carbonyl (C=O) groups excluding carboxylic acids is 1. The van der Waals surface area contributed by atoms with Gasteiger partial charge >= 0.3 is 0 Å². The van der Waals surface area contributed by atoms with E-state index in [-0.39, 0.29) is 5.91 Å². The molecule has 4 heteroatoms. The first kappa shape index (κ1) is 14.4. The van der Waals surface area contributed by atoms with Crippen LogP contribution in [0.4, 0.5) is 11.4 Å². The fourth-order valence-corrected chi connectivity index (χ4v) is 3.18. The average molecular weight is 287 g/mol. The van der Waals surface area contributed by atoms with Gasteiger partial charge in [0.1, 0.15) is 0 Å². The molecule has 2 aliphatic rings. The van der Waals surface area contributed by atoms with Gasteiger partial charge in [-0.3, -0.25) is 9.69 Å². The van der Waals surface area contributed by atoms with Gasteiger partial charge in [-0.15, -0.1) is 0 Å². The van der Waals surface area contributed by atoms with Gasteiger partial charge in [0, 0.05) is 44.0 Å². The zero-order valence-electron chi connectivity index (χ0n) is 12.9. The molecule has 0 saturated carbocycles. The molecule has 0 spiro atoms. The Hall–Kier alpha value is -1.55. The van der Waals surface area contributed by atoms with Crippen molar-refractivity contribution in [3.05, 3.63) is 23.8 Å². The van der Waals surface area contributed by atoms with Crippen molar-refractivity contribution >= 4 is 17.3 Å². The zero-order valence-corrected chi connectivity index (χ0v) is 12.9. The van der Waals surface area contributed by atoms with Crippen LogP contribution in [0, 0.1) is 0 Å². The number of nitrogens with one attached hydrogen (secondary N) is 1. The largest absolute Gasteiger partial charge is 0.369 e. The maximum absolute atomic E-state index is 11.4. The van der Waals surface area contributed by atoms with Gasteiger partial charge < -0.3 is 10.2 Å². The molecule has 4 nitrogen and oxygen atoms in total. The fourth-order valence-electron chi connectivity index (χ4n) is 3.18. The summed E-state index contributed by atoms with van der Waals surface area (Å²) in [4.78, 5) is 16.4. The molecule has 21 heavy (non-hydrogen) atoms. The van der Waals surface area contributed by atoms with E-state index >= 15 is 0 Å². The SMILES string of the molecule is CCCCN1CCN(c2ccc3c(c2)CCC(=O)N3)CC1. The number of anilines is 2. The third kappa shape index (κ3) is 3.38. The Morgan fingerprint density at radius 3 is 2.71 bits per heavy atom. The number of nitrogens with zero attached hydrogens (tertiary/aromatic N) is 2. The molecular weight excluding hydrogens is 262 g/mol. The number of rotatable bonds is 4. The van der Waals surface area contributed by atoms with E-state index in [1.807, 2.05) is 0 Å². The molecule has 1 aromatic rings. The van der Waals surface area contributed by atoms with E-state index in [1.54, 1.807) is 0 Å². The summed E-state index contributed by atoms with van der Waals surface area (Å²) in [5, 5.41) is 2.95. The highest BCUT2D eigenvalue weighted by Gasteiger charge is 2.19. The molecule has 0 radical (unpaired) electrons. The Labute approximate surface area is 127 Å². The van der Waals surface area contributed by atoms with Gasteiger partial charge in [-0.25, -0.2) is 0 Å². The van der Waals surface area contributed by atoms with E-state index < -0.39 is 0 Å². The van der Waals surface area contributed by atoms with Crippen molar-refractivity contribution in [2.75, 3.05) is 42.9 Å². The molecule has 0 aromatic heterocycles. The minimum atomic E-state index is 0.139. The quantitative estimate of drug-likeness (QED) is 0.924. The first-order valence-electron chi connectivity index (χ1n) is 8.16. The van der Waals surface area contributed by atoms with Crippen molar-refractivity contribution in [2.24, 2.45) is 0 Å². The molecule has 0 aliphatic carbocycles. The average Bonchev–Trinajstić information content (AvgIpc) is 2.53. The number of piperazine rings is 1. The summed E-state index contributed by atoms with van der Waals surface area (Å²) in [7, 11) is 0. The zero-order chi connectivity index (χ0) is 14.7. The van der Waals surface area contributed by atoms with Gasteiger partial charge in [0.05, 0.1) is 0 Å². The Bertz CT molecular complexity index is 507. The fraction of sp³-hybridized carbons (Fsp3) is 0.588. The van der Waals surface area contributed by atoms with Crippen LogP contribution in [-0.4, -0.2) is 43.5 Å². The molecule has 1 aromatic carbocycles. The minimum Gasteiger partial charge on any atom is -0.369 e. The Balaban J connectivity index is 1.62. The molecule has 2 heterocycles. The first-order valence-corrected chi connectivity index (χ1v) is 8.16. The smallest absolute Gasteiger partial charge is 0.224 e. The Kier molecular flexibility index (Phi) is 4.44. The molecule has 114 valence electrons. The lowest BCUT2D eigenvalue weighted by atomic mass is 10.0. The van der Waals surface area contributed by atoms with E-state index in [0.29, 0.717) is 6.42 Å². The number of amides is 1. The third-order valence-corrected chi connectivity index (χ3v) is 4.55. The second-order valence-corrected chi connectivity index (χ2v) is 6.07. The van der Waals surface area contributed by atoms with Crippen LogP contribution in [-0.2, 0) is 11.2 Å². The summed E-state index contributed by atoms with van der Waals surface area (Å²) in [5.74, 6) is 0.139. The third-order valence-electron chi connectivity index (χ3n) is 4.55. The highest BCUT2D eigenvalue weighted by atomic mass is 16.1. The van der Waals surface area contributed by atoms with Crippen LogP contribution in [0.15, 0.2) is 18.2 Å². The monoisotopic (exact) mass is 287 g/mol. The molecule has 0 atom stereocenters. The molecule has 1 amide bonds. The lowest BCUT2D eigenvalue weighted by Crippen LogP contribution is -2.46. The molecule has 3 rings (SSSR count). The second kappa shape index (κ2) is 6.48. The van der Waals surface area contributed by atoms with Crippen molar-refractivity contribution < 1.29 is 4.79 Å². The first-order chi connectivity index (χ1) is 10.3. The molecule has 2 aliphatic heterocycles. The summed E-state index contributed by atoms with van der Waals surface area (Å²) in [6, 6.07) is 6.47. The molecule has 0 unspecified atom stereocenters. The number of fused-ring (bicyclic) bond motifs is 1. The van der Waals surface area contributed by atoms with E-state index in [0.717, 1.165) is 38.3 Å². The molecule has 1 saturated heterocycles. The van der Waals surface area contributed by atoms with E-state index in [9.17, 15) is 4.79 Å². The predicted octanol–water partition coefficient (Wildman–Crippen LogP) is 2.49. The standard InChI is InChI=1S/C17H25N3O/c1-2-3-8-19-9-11-20(12-10-19)15-5-6-16-14(13-15)4-7-17(21)18-16/h5-6,13H,2-4,7-12H2,1H3,(H,18,21). The van der Waals surface area contributed by atoms with Crippen molar-refractivity contribution in [3.8, 4) is 0 Å². The van der Waals surface area contributed by atoms with Gasteiger partial charge in [-0.1, -0.05) is 13.3 Å². The van der Waals surface area contributed by atoms with Crippen LogP contribution in [0.2, 0.25) is 0 Å². The van der Waals surface area contributed by atoms with E-state index in [4.69, 9.17) is 0 Å². The normalized spacial score (nSPS) is 19.3. The summed E-state index contributed by atoms with van der Waals surface area (Å²) in [6.07, 6.45) is 4.06. The maximum atomic E-state index is 11.4. The van der Waals surface area contributed by atoms with Crippen LogP contribution in [0.25, 0.3) is 0 Å². The number of carbonyl (C=O) groups is 1. The highest BCUT2D eigenvalue weighted by molar-refractivity contribution is 5.94. The van der Waals surface area contributed by atoms with Crippen LogP contribution in [0.1, 0.15) is 31.7 Å². The maximum Gasteiger partial charge on any atom is 0.224 e. The highest BCUT2D eigenvalue weighted by Crippen LogP contribution is 2.28. The predicted molar refractivity (Wildman–Crippen MR) is 87.0 cm³/mol. The van der Waals surface area contributed by atoms with Gasteiger partial charge in [-0.05, 0) is 43.1 Å². The molecular formula is C17H25N3O. The van der Waals surface area contributed by atoms with Crippen LogP contribution < -0.4 is 10.2 Å². The van der Waals surface area contributed by atoms with Crippen LogP contribution in [0.3, 0.4) is 0 Å². The summed E-state index contributed by atoms with van der Waals surface area (Å²) < 4.78 is 0. The Morgan fingerprint density at radius 1 is 1.14 bits per heavy atom. The van der Waals surface area contributed by atoms with Crippen molar-refractivity contribution in [3.63, 3.8) is 0 Å². The number of hydrogen-bond acceptors (Lipinski definition) is 3. The van der Waals surface area contributed by atoms with Gasteiger partial charge in [0.15, 0.2) is 0 Å². The molecule has 0 bridgehead atoms. The summed E-state index contributed by atoms with van der Waals surface area (Å²) in [6.45, 7) is 8.02. The van der Waals surface area contributed by atoms with Crippen molar-refractivity contribution in [1.29, 1.82) is 0 Å². The second-order valence-electron chi connectivity index (χ2n) is 6.07. The van der Waals surface area contributed by atoms with Gasteiger partial charge in [0.2, 0.25) is 5.91 Å². The minimum absolute atomic E-state index is 0.139. The number of aryl methyl sites for hydroxylation is 1. The van der Waals surface area contributed by atoms with Gasteiger partial charge in [0.25, 0.3) is 0 Å². The summed E-state index contributed by atoms with van der Waals surface area (Å²) >= 11 is 0. The van der Waals surface area contributed by atoms with E-state index in [1.165, 1.54) is 30.6 Å². The van der Waals surface area contributed by atoms with E-state index in [2.05, 4.69) is 40.2 Å². The lowest BCUT2D eigenvalue weighted by molar-refractivity contribution is -0.116. The molecule has 1 N–H and O–H groups in total. The number of benzene rings is 1. The number of unbranched alkanes of at least 4 members (excludes halogenated alkanes) is 1. The van der Waals surface area contributed by atoms with Crippen molar-refractivity contribution in [2.45, 2.75) is 32.6 Å². The Morgan fingerprint density at radius 2 is 1.95 bits per heavy atom. The lowest BCUT2D eigenvalue weighted by Gasteiger charge is -2.36. The summed E-state index contributed by atoms with van der Waals surface area (Å²) in [5.41, 5.74) is 3.58. The number of hydrogen-bond donors (Lipinski definition) is 1.